The van der Waals surface area contributed by atoms with E-state index in [-0.39, 0.29) is 11.4 Å². The van der Waals surface area contributed by atoms with E-state index in [1.54, 1.807) is 50.2 Å². The molecule has 0 fully saturated rings. The molecule has 0 aliphatic rings. The molecule has 6 nitrogen and oxygen atoms in total. The largest absolute Gasteiger partial charge is 0.269 e. The van der Waals surface area contributed by atoms with Gasteiger partial charge in [-0.25, -0.2) is 0 Å². The SMILES string of the molecule is Cc1cc([N+](=O)[O-])ccc1-c1c(Cl)ccc(Sc2ccc(Cl)c(-c3ccc([N+](=O)[O-])cc3C)c2Cl)c1Cl. The first kappa shape index (κ1) is 27.2. The normalized spacial score (nSPS) is 11.0. The summed E-state index contributed by atoms with van der Waals surface area (Å²) in [5, 5.41) is 23.8. The minimum Gasteiger partial charge on any atom is -0.258 e. The predicted molar refractivity (Wildman–Crippen MR) is 151 cm³/mol. The highest BCUT2D eigenvalue weighted by atomic mass is 35.5. The molecule has 0 saturated carbocycles. The molecule has 4 aromatic carbocycles. The lowest BCUT2D eigenvalue weighted by atomic mass is 10.00. The third kappa shape index (κ3) is 5.42. The van der Waals surface area contributed by atoms with Gasteiger partial charge in [-0.15, -0.1) is 0 Å². The maximum absolute atomic E-state index is 11.1. The summed E-state index contributed by atoms with van der Waals surface area (Å²) in [5.74, 6) is 0. The Morgan fingerprint density at radius 1 is 0.622 bits per heavy atom. The lowest BCUT2D eigenvalue weighted by Crippen LogP contribution is -1.93. The fourth-order valence-electron chi connectivity index (χ4n) is 3.92. The molecule has 11 heteroatoms. The minimum atomic E-state index is -0.459. The zero-order valence-corrected chi connectivity index (χ0v) is 23.1. The second-order valence-corrected chi connectivity index (χ2v) is 10.7. The molecule has 0 bridgehead atoms. The molecule has 0 atom stereocenters. The average molecular weight is 594 g/mol. The maximum Gasteiger partial charge on any atom is 0.269 e. The highest BCUT2D eigenvalue weighted by molar-refractivity contribution is 7.99. The summed E-state index contributed by atoms with van der Waals surface area (Å²) in [7, 11) is 0. The standard InChI is InChI=1S/C26H16Cl4N2O4S/c1-13-11-15(31(33)34)3-5-17(13)23-19(27)7-9-21(25(23)29)37-22-10-8-20(28)24(26(22)30)18-6-4-16(32(35)36)12-14(18)2/h3-12H,1-2H3. The van der Waals surface area contributed by atoms with Crippen LogP contribution in [0.2, 0.25) is 20.1 Å². The van der Waals surface area contributed by atoms with E-state index in [2.05, 4.69) is 0 Å². The van der Waals surface area contributed by atoms with Crippen LogP contribution in [0.15, 0.2) is 70.5 Å². The number of nitro benzene ring substituents is 2. The zero-order chi connectivity index (χ0) is 27.0. The van der Waals surface area contributed by atoms with E-state index < -0.39 is 9.85 Å². The summed E-state index contributed by atoms with van der Waals surface area (Å²) < 4.78 is 0. The number of rotatable bonds is 6. The van der Waals surface area contributed by atoms with Crippen LogP contribution in [0.4, 0.5) is 11.4 Å². The Hall–Kier alpha value is -2.81. The van der Waals surface area contributed by atoms with Crippen molar-refractivity contribution in [1.82, 2.24) is 0 Å². The molecule has 0 saturated heterocycles. The van der Waals surface area contributed by atoms with E-state index in [1.165, 1.54) is 36.0 Å². The van der Waals surface area contributed by atoms with Gasteiger partial charge in [-0.05, 0) is 72.5 Å². The van der Waals surface area contributed by atoms with Crippen LogP contribution in [0.25, 0.3) is 22.3 Å². The highest BCUT2D eigenvalue weighted by Gasteiger charge is 2.21. The fourth-order valence-corrected chi connectivity index (χ4v) is 6.19. The molecule has 0 amide bonds. The molecule has 0 spiro atoms. The molecular weight excluding hydrogens is 578 g/mol. The highest BCUT2D eigenvalue weighted by Crippen LogP contribution is 2.48. The van der Waals surface area contributed by atoms with Crippen molar-refractivity contribution in [2.45, 2.75) is 23.6 Å². The summed E-state index contributed by atoms with van der Waals surface area (Å²) in [6.07, 6.45) is 0. The molecule has 0 aromatic heterocycles. The lowest BCUT2D eigenvalue weighted by molar-refractivity contribution is -0.385. The van der Waals surface area contributed by atoms with Gasteiger partial charge in [-0.3, -0.25) is 20.2 Å². The van der Waals surface area contributed by atoms with Crippen molar-refractivity contribution in [2.24, 2.45) is 0 Å². The molecular formula is C26H16Cl4N2O4S. The Morgan fingerprint density at radius 3 is 1.32 bits per heavy atom. The molecule has 0 unspecified atom stereocenters. The van der Waals surface area contributed by atoms with Crippen LogP contribution in [0.3, 0.4) is 0 Å². The second-order valence-electron chi connectivity index (χ2n) is 8.08. The third-order valence-electron chi connectivity index (χ3n) is 5.71. The Morgan fingerprint density at radius 2 is 1.00 bits per heavy atom. The molecule has 0 aliphatic heterocycles. The van der Waals surface area contributed by atoms with Crippen LogP contribution < -0.4 is 0 Å². The van der Waals surface area contributed by atoms with Crippen molar-refractivity contribution in [2.75, 3.05) is 0 Å². The smallest absolute Gasteiger partial charge is 0.258 e. The van der Waals surface area contributed by atoms with E-state index in [0.717, 1.165) is 0 Å². The van der Waals surface area contributed by atoms with Crippen molar-refractivity contribution in [3.8, 4) is 22.3 Å². The molecule has 4 aromatic rings. The van der Waals surface area contributed by atoms with E-state index in [1.807, 2.05) is 0 Å². The summed E-state index contributed by atoms with van der Waals surface area (Å²) in [6, 6.07) is 15.9. The second kappa shape index (κ2) is 10.9. The Balaban J connectivity index is 1.78. The third-order valence-corrected chi connectivity index (χ3v) is 8.47. The van der Waals surface area contributed by atoms with Crippen LogP contribution in [0.5, 0.6) is 0 Å². The maximum atomic E-state index is 11.1. The minimum absolute atomic E-state index is 0.0268. The first-order valence-electron chi connectivity index (χ1n) is 10.6. The summed E-state index contributed by atoms with van der Waals surface area (Å²) >= 11 is 27.9. The van der Waals surface area contributed by atoms with E-state index in [9.17, 15) is 20.2 Å². The van der Waals surface area contributed by atoms with Gasteiger partial charge < -0.3 is 0 Å². The van der Waals surface area contributed by atoms with Crippen LogP contribution in [-0.4, -0.2) is 9.85 Å². The van der Waals surface area contributed by atoms with Gasteiger partial charge in [0.05, 0.1) is 19.9 Å². The van der Waals surface area contributed by atoms with Crippen LogP contribution in [0.1, 0.15) is 11.1 Å². The van der Waals surface area contributed by atoms with Gasteiger partial charge in [0.15, 0.2) is 0 Å². The zero-order valence-electron chi connectivity index (χ0n) is 19.2. The number of nitro groups is 2. The summed E-state index contributed by atoms with van der Waals surface area (Å²) in [5.41, 5.74) is 3.71. The monoisotopic (exact) mass is 592 g/mol. The van der Waals surface area contributed by atoms with Gasteiger partial charge in [-0.2, -0.15) is 0 Å². The van der Waals surface area contributed by atoms with Crippen molar-refractivity contribution < 1.29 is 9.85 Å². The molecule has 0 N–H and O–H groups in total. The van der Waals surface area contributed by atoms with Gasteiger partial charge in [-0.1, -0.05) is 58.2 Å². The molecule has 188 valence electrons. The number of nitrogens with zero attached hydrogens (tertiary/aromatic N) is 2. The van der Waals surface area contributed by atoms with Crippen molar-refractivity contribution in [3.05, 3.63) is 112 Å². The van der Waals surface area contributed by atoms with Crippen molar-refractivity contribution in [1.29, 1.82) is 0 Å². The quantitative estimate of drug-likeness (QED) is 0.164. The molecule has 0 heterocycles. The molecule has 0 aliphatic carbocycles. The molecule has 4 rings (SSSR count). The number of hydrogen-bond donors (Lipinski definition) is 0. The van der Waals surface area contributed by atoms with E-state index in [0.29, 0.717) is 63.3 Å². The van der Waals surface area contributed by atoms with Crippen molar-refractivity contribution >= 4 is 69.5 Å². The Labute approximate surface area is 236 Å². The van der Waals surface area contributed by atoms with Gasteiger partial charge in [0.25, 0.3) is 11.4 Å². The topological polar surface area (TPSA) is 86.3 Å². The van der Waals surface area contributed by atoms with Crippen molar-refractivity contribution in [3.63, 3.8) is 0 Å². The molecule has 37 heavy (non-hydrogen) atoms. The summed E-state index contributed by atoms with van der Waals surface area (Å²) in [6.45, 7) is 3.51. The lowest BCUT2D eigenvalue weighted by Gasteiger charge is -2.16. The van der Waals surface area contributed by atoms with Gasteiger partial charge >= 0.3 is 0 Å². The van der Waals surface area contributed by atoms with Gasteiger partial charge in [0.2, 0.25) is 0 Å². The Kier molecular flexibility index (Phi) is 8.02. The number of halogens is 4. The van der Waals surface area contributed by atoms with Crippen LogP contribution >= 0.6 is 58.2 Å². The first-order valence-corrected chi connectivity index (χ1v) is 13.0. The summed E-state index contributed by atoms with van der Waals surface area (Å²) in [4.78, 5) is 22.7. The first-order chi connectivity index (χ1) is 17.5. The average Bonchev–Trinajstić information content (AvgIpc) is 2.84. The number of hydrogen-bond acceptors (Lipinski definition) is 5. The number of aryl methyl sites for hydroxylation is 2. The van der Waals surface area contributed by atoms with Gasteiger partial charge in [0.1, 0.15) is 0 Å². The predicted octanol–water partition coefficient (Wildman–Crippen LogP) is 10.2. The fraction of sp³-hybridized carbons (Fsp3) is 0.0769. The van der Waals surface area contributed by atoms with Gasteiger partial charge in [0, 0.05) is 55.2 Å². The Bertz CT molecular complexity index is 1480. The van der Waals surface area contributed by atoms with E-state index >= 15 is 0 Å². The van der Waals surface area contributed by atoms with E-state index in [4.69, 9.17) is 46.4 Å². The van der Waals surface area contributed by atoms with Crippen LogP contribution in [0, 0.1) is 34.1 Å². The molecule has 0 radical (unpaired) electrons. The number of non-ortho nitro benzene ring substituents is 2. The van der Waals surface area contributed by atoms with Crippen LogP contribution in [-0.2, 0) is 0 Å². The number of benzene rings is 4.